The number of hydrogen-bond donors (Lipinski definition) is 1. The standard InChI is InChI=1S/C17H25N2/c1-2-3-4-5-8-14-13-19(15-11-18-12-15)17-10-7-6-9-16(14)17/h6-7,9-10,14-15,18H,1-5,8,11-13H2. The van der Waals surface area contributed by atoms with Crippen LogP contribution in [0.5, 0.6) is 0 Å². The fourth-order valence-electron chi connectivity index (χ4n) is 3.36. The largest absolute Gasteiger partial charge is 0.365 e. The maximum Gasteiger partial charge on any atom is 0.0539 e. The Labute approximate surface area is 117 Å². The highest BCUT2D eigenvalue weighted by atomic mass is 15.3. The first-order valence-corrected chi connectivity index (χ1v) is 7.75. The van der Waals surface area contributed by atoms with Crippen molar-refractivity contribution in [3.63, 3.8) is 0 Å². The Morgan fingerprint density at radius 1 is 1.16 bits per heavy atom. The number of benzene rings is 1. The number of nitrogens with one attached hydrogen (secondary N) is 1. The van der Waals surface area contributed by atoms with Crippen molar-refractivity contribution >= 4 is 5.69 Å². The van der Waals surface area contributed by atoms with Gasteiger partial charge in [-0.3, -0.25) is 0 Å². The minimum absolute atomic E-state index is 0.728. The lowest BCUT2D eigenvalue weighted by atomic mass is 9.95. The molecule has 0 saturated carbocycles. The van der Waals surface area contributed by atoms with E-state index in [0.29, 0.717) is 0 Å². The molecule has 2 aliphatic heterocycles. The Morgan fingerprint density at radius 2 is 2.00 bits per heavy atom. The average molecular weight is 257 g/mol. The summed E-state index contributed by atoms with van der Waals surface area (Å²) in [6.07, 6.45) is 6.40. The van der Waals surface area contributed by atoms with Gasteiger partial charge in [-0.1, -0.05) is 50.8 Å². The van der Waals surface area contributed by atoms with Crippen molar-refractivity contribution in [2.24, 2.45) is 0 Å². The highest BCUT2D eigenvalue weighted by Gasteiger charge is 2.34. The minimum atomic E-state index is 0.728. The number of anilines is 1. The van der Waals surface area contributed by atoms with Crippen molar-refractivity contribution in [3.05, 3.63) is 36.8 Å². The van der Waals surface area contributed by atoms with Crippen LogP contribution in [-0.4, -0.2) is 25.7 Å². The molecule has 1 radical (unpaired) electrons. The van der Waals surface area contributed by atoms with Gasteiger partial charge in [-0.15, -0.1) is 0 Å². The maximum atomic E-state index is 3.93. The molecule has 103 valence electrons. The van der Waals surface area contributed by atoms with E-state index in [4.69, 9.17) is 0 Å². The van der Waals surface area contributed by atoms with E-state index in [-0.39, 0.29) is 0 Å². The summed E-state index contributed by atoms with van der Waals surface area (Å²) in [5, 5.41) is 3.40. The second-order valence-electron chi connectivity index (χ2n) is 5.92. The molecular weight excluding hydrogens is 232 g/mol. The second kappa shape index (κ2) is 5.96. The van der Waals surface area contributed by atoms with E-state index in [1.54, 1.807) is 5.56 Å². The van der Waals surface area contributed by atoms with Gasteiger partial charge in [0.05, 0.1) is 6.04 Å². The molecule has 0 spiro atoms. The summed E-state index contributed by atoms with van der Waals surface area (Å²) in [5.74, 6) is 0.751. The Kier molecular flexibility index (Phi) is 4.07. The molecule has 1 unspecified atom stereocenters. The average Bonchev–Trinajstić information content (AvgIpc) is 2.72. The van der Waals surface area contributed by atoms with Gasteiger partial charge in [0.15, 0.2) is 0 Å². The van der Waals surface area contributed by atoms with Gasteiger partial charge in [-0.05, 0) is 18.1 Å². The van der Waals surface area contributed by atoms with Gasteiger partial charge in [0.1, 0.15) is 0 Å². The first kappa shape index (κ1) is 13.0. The third-order valence-electron chi connectivity index (χ3n) is 4.61. The molecule has 19 heavy (non-hydrogen) atoms. The summed E-state index contributed by atoms with van der Waals surface area (Å²) >= 11 is 0. The number of unbranched alkanes of at least 4 members (excludes halogenated alkanes) is 3. The molecule has 1 atom stereocenters. The zero-order chi connectivity index (χ0) is 13.1. The third-order valence-corrected chi connectivity index (χ3v) is 4.61. The van der Waals surface area contributed by atoms with E-state index in [9.17, 15) is 0 Å². The van der Waals surface area contributed by atoms with Crippen molar-refractivity contribution < 1.29 is 0 Å². The highest BCUT2D eigenvalue weighted by molar-refractivity contribution is 5.61. The summed E-state index contributed by atoms with van der Waals surface area (Å²) in [5.41, 5.74) is 3.08. The lowest BCUT2D eigenvalue weighted by molar-refractivity contribution is 0.410. The van der Waals surface area contributed by atoms with Crippen LogP contribution in [0, 0.1) is 6.92 Å². The molecule has 0 amide bonds. The molecule has 1 N–H and O–H groups in total. The van der Waals surface area contributed by atoms with E-state index in [1.165, 1.54) is 37.9 Å². The molecule has 2 heterocycles. The predicted molar refractivity (Wildman–Crippen MR) is 81.6 cm³/mol. The maximum absolute atomic E-state index is 3.93. The fraction of sp³-hybridized carbons (Fsp3) is 0.588. The smallest absolute Gasteiger partial charge is 0.0539 e. The lowest BCUT2D eigenvalue weighted by Gasteiger charge is -2.37. The van der Waals surface area contributed by atoms with Gasteiger partial charge in [0, 0.05) is 31.2 Å². The molecular formula is C17H25N2. The molecule has 0 aliphatic carbocycles. The Balaban J connectivity index is 1.66. The predicted octanol–water partition coefficient (Wildman–Crippen LogP) is 3.35. The van der Waals surface area contributed by atoms with Crippen molar-refractivity contribution in [2.45, 2.75) is 44.1 Å². The van der Waals surface area contributed by atoms with E-state index in [2.05, 4.69) is 41.4 Å². The minimum Gasteiger partial charge on any atom is -0.365 e. The van der Waals surface area contributed by atoms with Crippen molar-refractivity contribution in [3.8, 4) is 0 Å². The van der Waals surface area contributed by atoms with E-state index in [1.807, 2.05) is 0 Å². The monoisotopic (exact) mass is 257 g/mol. The van der Waals surface area contributed by atoms with Gasteiger partial charge < -0.3 is 10.2 Å². The Morgan fingerprint density at radius 3 is 2.74 bits per heavy atom. The normalized spacial score (nSPS) is 22.4. The van der Waals surface area contributed by atoms with Crippen molar-refractivity contribution in [1.82, 2.24) is 5.32 Å². The first-order valence-electron chi connectivity index (χ1n) is 7.75. The van der Waals surface area contributed by atoms with Crippen LogP contribution in [0.25, 0.3) is 0 Å². The van der Waals surface area contributed by atoms with E-state index >= 15 is 0 Å². The molecule has 0 bridgehead atoms. The van der Waals surface area contributed by atoms with Gasteiger partial charge >= 0.3 is 0 Å². The van der Waals surface area contributed by atoms with Crippen molar-refractivity contribution in [2.75, 3.05) is 24.5 Å². The SMILES string of the molecule is [CH2]CCCCCC1CN(C2CNC2)c2ccccc21. The lowest BCUT2D eigenvalue weighted by Crippen LogP contribution is -2.57. The molecule has 1 aromatic rings. The summed E-state index contributed by atoms with van der Waals surface area (Å²) in [7, 11) is 0. The molecule has 2 nitrogen and oxygen atoms in total. The Bertz CT molecular complexity index is 411. The van der Waals surface area contributed by atoms with Crippen LogP contribution in [0.15, 0.2) is 24.3 Å². The molecule has 2 aliphatic rings. The highest BCUT2D eigenvalue weighted by Crippen LogP contribution is 2.40. The number of rotatable bonds is 6. The second-order valence-corrected chi connectivity index (χ2v) is 5.92. The van der Waals surface area contributed by atoms with Crippen LogP contribution < -0.4 is 10.2 Å². The van der Waals surface area contributed by atoms with Gasteiger partial charge in [-0.25, -0.2) is 0 Å². The van der Waals surface area contributed by atoms with Crippen molar-refractivity contribution in [1.29, 1.82) is 0 Å². The van der Waals surface area contributed by atoms with Crippen LogP contribution in [0.2, 0.25) is 0 Å². The number of hydrogen-bond acceptors (Lipinski definition) is 2. The van der Waals surface area contributed by atoms with Crippen LogP contribution in [0.4, 0.5) is 5.69 Å². The number of nitrogens with zero attached hydrogens (tertiary/aromatic N) is 1. The quantitative estimate of drug-likeness (QED) is 0.786. The summed E-state index contributed by atoms with van der Waals surface area (Å²) in [6.45, 7) is 7.47. The molecule has 3 rings (SSSR count). The topological polar surface area (TPSA) is 15.3 Å². The van der Waals surface area contributed by atoms with E-state index in [0.717, 1.165) is 31.5 Å². The molecule has 1 fully saturated rings. The van der Waals surface area contributed by atoms with Crippen LogP contribution in [-0.2, 0) is 0 Å². The van der Waals surface area contributed by atoms with Gasteiger partial charge in [0.25, 0.3) is 0 Å². The zero-order valence-electron chi connectivity index (χ0n) is 11.8. The third kappa shape index (κ3) is 2.64. The van der Waals surface area contributed by atoms with Crippen LogP contribution in [0.1, 0.15) is 43.6 Å². The number of para-hydroxylation sites is 1. The summed E-state index contributed by atoms with van der Waals surface area (Å²) < 4.78 is 0. The molecule has 1 saturated heterocycles. The van der Waals surface area contributed by atoms with Crippen LogP contribution in [0.3, 0.4) is 0 Å². The first-order chi connectivity index (χ1) is 9.40. The number of fused-ring (bicyclic) bond motifs is 1. The summed E-state index contributed by atoms with van der Waals surface area (Å²) in [6, 6.07) is 9.76. The zero-order valence-corrected chi connectivity index (χ0v) is 11.8. The van der Waals surface area contributed by atoms with Gasteiger partial charge in [-0.2, -0.15) is 0 Å². The summed E-state index contributed by atoms with van der Waals surface area (Å²) in [4.78, 5) is 2.64. The fourth-order valence-corrected chi connectivity index (χ4v) is 3.36. The Hall–Kier alpha value is -1.02. The van der Waals surface area contributed by atoms with Crippen LogP contribution >= 0.6 is 0 Å². The molecule has 2 heteroatoms. The molecule has 1 aromatic carbocycles. The van der Waals surface area contributed by atoms with Gasteiger partial charge in [0.2, 0.25) is 0 Å². The van der Waals surface area contributed by atoms with E-state index < -0.39 is 0 Å². The molecule has 0 aromatic heterocycles.